The molecule has 1 aliphatic rings. The molecular formula is C22H22F6N6O. The topological polar surface area (TPSA) is 77.1 Å². The van der Waals surface area contributed by atoms with Gasteiger partial charge in [-0.05, 0) is 51.2 Å². The minimum absolute atomic E-state index is 0.0381. The third-order valence-electron chi connectivity index (χ3n) is 5.94. The number of rotatable bonds is 4. The number of nitrogens with one attached hydrogen (secondary N) is 2. The summed E-state index contributed by atoms with van der Waals surface area (Å²) in [6.45, 7) is 1.19. The maximum atomic E-state index is 13.3. The summed E-state index contributed by atoms with van der Waals surface area (Å²) in [6.07, 6.45) is -7.03. The van der Waals surface area contributed by atoms with Gasteiger partial charge in [0, 0.05) is 31.0 Å². The van der Waals surface area contributed by atoms with E-state index >= 15 is 0 Å². The van der Waals surface area contributed by atoms with Gasteiger partial charge in [0.25, 0.3) is 5.56 Å². The Hall–Kier alpha value is -3.35. The molecule has 1 aliphatic heterocycles. The summed E-state index contributed by atoms with van der Waals surface area (Å²) in [5.41, 5.74) is -3.89. The minimum Gasteiger partial charge on any atom is -0.341 e. The number of piperidine rings is 1. The summed E-state index contributed by atoms with van der Waals surface area (Å²) in [7, 11) is 3.96. The number of hydrogen-bond acceptors (Lipinski definition) is 6. The molecule has 2 N–H and O–H groups in total. The zero-order valence-electron chi connectivity index (χ0n) is 18.8. The van der Waals surface area contributed by atoms with Gasteiger partial charge < -0.3 is 20.1 Å². The fourth-order valence-electron chi connectivity index (χ4n) is 4.06. The van der Waals surface area contributed by atoms with Crippen LogP contribution in [-0.4, -0.2) is 53.1 Å². The van der Waals surface area contributed by atoms with Crippen LogP contribution in [0.3, 0.4) is 0 Å². The molecule has 0 saturated carbocycles. The van der Waals surface area contributed by atoms with Crippen LogP contribution in [0, 0.1) is 0 Å². The Balaban J connectivity index is 1.79. The van der Waals surface area contributed by atoms with Crippen LogP contribution in [-0.2, 0) is 12.4 Å². The molecule has 0 atom stereocenters. The van der Waals surface area contributed by atoms with Crippen molar-refractivity contribution in [3.8, 4) is 0 Å². The van der Waals surface area contributed by atoms with Crippen LogP contribution in [0.15, 0.2) is 35.3 Å². The van der Waals surface area contributed by atoms with Crippen LogP contribution in [0.5, 0.6) is 0 Å². The van der Waals surface area contributed by atoms with E-state index in [9.17, 15) is 31.1 Å². The zero-order valence-corrected chi connectivity index (χ0v) is 18.8. The van der Waals surface area contributed by atoms with Gasteiger partial charge in [-0.3, -0.25) is 4.79 Å². The average Bonchev–Trinajstić information content (AvgIpc) is 2.77. The fraction of sp³-hybridized carbons (Fsp3) is 0.409. The van der Waals surface area contributed by atoms with Crippen molar-refractivity contribution in [3.05, 3.63) is 51.9 Å². The van der Waals surface area contributed by atoms with Crippen molar-refractivity contribution in [1.29, 1.82) is 0 Å². The van der Waals surface area contributed by atoms with Crippen LogP contribution >= 0.6 is 0 Å². The molecule has 0 bridgehead atoms. The molecule has 0 unspecified atom stereocenters. The van der Waals surface area contributed by atoms with Crippen LogP contribution < -0.4 is 15.8 Å². The van der Waals surface area contributed by atoms with Crippen LogP contribution in [0.2, 0.25) is 0 Å². The van der Waals surface area contributed by atoms with E-state index in [0.29, 0.717) is 31.3 Å². The molecule has 13 heteroatoms. The molecule has 1 saturated heterocycles. The highest BCUT2D eigenvalue weighted by molar-refractivity contribution is 5.91. The molecule has 7 nitrogen and oxygen atoms in total. The number of anilines is 3. The molecule has 35 heavy (non-hydrogen) atoms. The van der Waals surface area contributed by atoms with E-state index in [1.54, 1.807) is 0 Å². The van der Waals surface area contributed by atoms with Gasteiger partial charge in [0.05, 0.1) is 16.6 Å². The third kappa shape index (κ3) is 5.34. The van der Waals surface area contributed by atoms with Crippen molar-refractivity contribution in [1.82, 2.24) is 19.9 Å². The van der Waals surface area contributed by atoms with Crippen molar-refractivity contribution in [2.75, 3.05) is 37.4 Å². The number of fused-ring (bicyclic) bond motifs is 1. The summed E-state index contributed by atoms with van der Waals surface area (Å²) in [4.78, 5) is 27.7. The number of H-pyrrole nitrogens is 1. The van der Waals surface area contributed by atoms with Crippen LogP contribution in [0.1, 0.15) is 24.0 Å². The Morgan fingerprint density at radius 2 is 1.60 bits per heavy atom. The lowest BCUT2D eigenvalue weighted by molar-refractivity contribution is -0.143. The molecule has 188 valence electrons. The second-order valence-corrected chi connectivity index (χ2v) is 8.54. The largest absolute Gasteiger partial charge is 0.416 e. The molecular weight excluding hydrogens is 478 g/mol. The van der Waals surface area contributed by atoms with E-state index in [1.165, 1.54) is 12.3 Å². The number of hydrogen-bond donors (Lipinski definition) is 2. The number of alkyl halides is 6. The highest BCUT2D eigenvalue weighted by Crippen LogP contribution is 2.38. The molecule has 0 spiro atoms. The Kier molecular flexibility index (Phi) is 6.38. The number of halogens is 6. The van der Waals surface area contributed by atoms with Crippen LogP contribution in [0.4, 0.5) is 43.8 Å². The van der Waals surface area contributed by atoms with E-state index in [-0.39, 0.29) is 28.7 Å². The minimum atomic E-state index is -5.01. The quantitative estimate of drug-likeness (QED) is 0.509. The van der Waals surface area contributed by atoms with Gasteiger partial charge >= 0.3 is 12.4 Å². The molecule has 0 amide bonds. The fourth-order valence-corrected chi connectivity index (χ4v) is 4.06. The molecule has 3 heterocycles. The highest BCUT2D eigenvalue weighted by Gasteiger charge is 2.37. The first-order valence-electron chi connectivity index (χ1n) is 10.7. The number of nitrogens with zero attached hydrogens (tertiary/aromatic N) is 4. The first kappa shape index (κ1) is 24.8. The standard InChI is InChI=1S/C22H22F6N6O/c1-33(2)15-4-7-34(8-5-15)20-31-16-3-6-29-19(35)17(16)18(32-20)30-14-10-12(21(23,24)25)9-13(11-14)22(26,27)28/h3,6,9-11,15H,4-5,7-8H2,1-2H3,(H,29,35)(H,30,31,32). The predicted molar refractivity (Wildman–Crippen MR) is 119 cm³/mol. The number of pyridine rings is 1. The Morgan fingerprint density at radius 3 is 2.14 bits per heavy atom. The van der Waals surface area contributed by atoms with Crippen molar-refractivity contribution in [2.45, 2.75) is 31.2 Å². The van der Waals surface area contributed by atoms with Crippen molar-refractivity contribution in [3.63, 3.8) is 0 Å². The average molecular weight is 500 g/mol. The maximum absolute atomic E-state index is 13.3. The van der Waals surface area contributed by atoms with Crippen LogP contribution in [0.25, 0.3) is 10.9 Å². The Morgan fingerprint density at radius 1 is 1.00 bits per heavy atom. The monoisotopic (exact) mass is 500 g/mol. The number of aromatic amines is 1. The summed E-state index contributed by atoms with van der Waals surface area (Å²) in [6, 6.07) is 2.98. The summed E-state index contributed by atoms with van der Waals surface area (Å²) < 4.78 is 79.8. The molecule has 0 aliphatic carbocycles. The number of benzene rings is 1. The second kappa shape index (κ2) is 9.02. The maximum Gasteiger partial charge on any atom is 0.416 e. The van der Waals surface area contributed by atoms with Crippen molar-refractivity contribution >= 4 is 28.4 Å². The lowest BCUT2D eigenvalue weighted by Crippen LogP contribution is -2.42. The summed E-state index contributed by atoms with van der Waals surface area (Å²) in [5.74, 6) is 0.0415. The molecule has 3 aromatic rings. The molecule has 2 aromatic heterocycles. The first-order chi connectivity index (χ1) is 16.3. The van der Waals surface area contributed by atoms with Gasteiger partial charge in [-0.1, -0.05) is 0 Å². The van der Waals surface area contributed by atoms with Crippen molar-refractivity contribution < 1.29 is 26.3 Å². The lowest BCUT2D eigenvalue weighted by Gasteiger charge is -2.35. The molecule has 4 rings (SSSR count). The normalized spacial score (nSPS) is 15.7. The molecule has 0 radical (unpaired) electrons. The second-order valence-electron chi connectivity index (χ2n) is 8.54. The lowest BCUT2D eigenvalue weighted by atomic mass is 10.0. The first-order valence-corrected chi connectivity index (χ1v) is 10.7. The van der Waals surface area contributed by atoms with Gasteiger partial charge in [-0.25, -0.2) is 4.98 Å². The molecule has 1 fully saturated rings. The van der Waals surface area contributed by atoms with Gasteiger partial charge in [-0.15, -0.1) is 0 Å². The third-order valence-corrected chi connectivity index (χ3v) is 5.94. The molecule has 1 aromatic carbocycles. The Bertz CT molecular complexity index is 1250. The van der Waals surface area contributed by atoms with E-state index < -0.39 is 34.7 Å². The van der Waals surface area contributed by atoms with Gasteiger partial charge in [0.15, 0.2) is 0 Å². The SMILES string of the molecule is CN(C)C1CCN(c2nc(Nc3cc(C(F)(F)F)cc(C(F)(F)F)c3)c3c(=O)[nH]ccc3n2)CC1. The highest BCUT2D eigenvalue weighted by atomic mass is 19.4. The van der Waals surface area contributed by atoms with E-state index in [0.717, 1.165) is 12.8 Å². The predicted octanol–water partition coefficient (Wildman–Crippen LogP) is 4.63. The van der Waals surface area contributed by atoms with E-state index in [1.807, 2.05) is 19.0 Å². The van der Waals surface area contributed by atoms with E-state index in [2.05, 4.69) is 25.2 Å². The number of aromatic nitrogens is 3. The van der Waals surface area contributed by atoms with Gasteiger partial charge in [0.2, 0.25) is 5.95 Å². The van der Waals surface area contributed by atoms with E-state index in [4.69, 9.17) is 0 Å². The van der Waals surface area contributed by atoms with Crippen molar-refractivity contribution in [2.24, 2.45) is 0 Å². The summed E-state index contributed by atoms with van der Waals surface area (Å²) >= 11 is 0. The van der Waals surface area contributed by atoms with Gasteiger partial charge in [-0.2, -0.15) is 31.3 Å². The Labute approximate surface area is 195 Å². The smallest absolute Gasteiger partial charge is 0.341 e. The summed E-state index contributed by atoms with van der Waals surface area (Å²) in [5, 5.41) is 2.43. The zero-order chi connectivity index (χ0) is 25.5. The van der Waals surface area contributed by atoms with Gasteiger partial charge in [0.1, 0.15) is 11.2 Å².